The summed E-state index contributed by atoms with van der Waals surface area (Å²) in [6.45, 7) is 4.61. The number of hydrogen-bond acceptors (Lipinski definition) is 7. The first-order chi connectivity index (χ1) is 14.4. The zero-order valence-electron chi connectivity index (χ0n) is 16.6. The fourth-order valence-corrected chi connectivity index (χ4v) is 2.33. The second-order valence-electron chi connectivity index (χ2n) is 6.00. The molecule has 2 rings (SSSR count). The maximum absolute atomic E-state index is 11.9. The fraction of sp³-hybridized carbons (Fsp3) is 0.238. The van der Waals surface area contributed by atoms with Crippen LogP contribution in [-0.2, 0) is 9.59 Å². The third-order valence-electron chi connectivity index (χ3n) is 3.69. The standard InChI is InChI=1S/C21H23N3O6/c1-3-11-30-16-8-6-15(7-9-16)23-19(25)20(26)24-22-13-14-5-10-18(29-4-2)17(12-14)21(27)28/h5-10,12-13H,3-4,11H2,1-2H3,(H,23,25)(H,24,26)(H,27,28)/p-1/b22-13-. The molecule has 0 fully saturated rings. The van der Waals surface area contributed by atoms with Gasteiger partial charge in [0.25, 0.3) is 0 Å². The van der Waals surface area contributed by atoms with Crippen LogP contribution in [0.5, 0.6) is 11.5 Å². The molecule has 0 atom stereocenters. The van der Waals surface area contributed by atoms with Gasteiger partial charge in [-0.3, -0.25) is 9.59 Å². The highest BCUT2D eigenvalue weighted by atomic mass is 16.5. The Kier molecular flexibility index (Phi) is 8.37. The van der Waals surface area contributed by atoms with Crippen molar-refractivity contribution in [2.75, 3.05) is 18.5 Å². The zero-order valence-corrected chi connectivity index (χ0v) is 16.6. The Morgan fingerprint density at radius 1 is 1.03 bits per heavy atom. The van der Waals surface area contributed by atoms with E-state index in [0.717, 1.165) is 6.42 Å². The Bertz CT molecular complexity index is 925. The van der Waals surface area contributed by atoms with Crippen LogP contribution in [0, 0.1) is 0 Å². The highest BCUT2D eigenvalue weighted by Gasteiger charge is 2.13. The number of carbonyl (C=O) groups excluding carboxylic acids is 3. The molecular weight excluding hydrogens is 390 g/mol. The number of hydrazone groups is 1. The number of carboxylic acids is 1. The van der Waals surface area contributed by atoms with Crippen LogP contribution >= 0.6 is 0 Å². The number of carboxylic acid groups (broad SMARTS) is 1. The molecule has 30 heavy (non-hydrogen) atoms. The van der Waals surface area contributed by atoms with E-state index >= 15 is 0 Å². The van der Waals surface area contributed by atoms with E-state index in [4.69, 9.17) is 9.47 Å². The van der Waals surface area contributed by atoms with Crippen LogP contribution in [0.1, 0.15) is 36.2 Å². The summed E-state index contributed by atoms with van der Waals surface area (Å²) in [6.07, 6.45) is 2.08. The highest BCUT2D eigenvalue weighted by molar-refractivity contribution is 6.39. The molecule has 0 unspecified atom stereocenters. The summed E-state index contributed by atoms with van der Waals surface area (Å²) in [4.78, 5) is 35.0. The van der Waals surface area contributed by atoms with Crippen LogP contribution in [0.2, 0.25) is 0 Å². The average molecular weight is 412 g/mol. The molecule has 0 bridgehead atoms. The Balaban J connectivity index is 1.93. The first-order valence-corrected chi connectivity index (χ1v) is 9.30. The predicted octanol–water partition coefficient (Wildman–Crippen LogP) is 1.33. The number of rotatable bonds is 9. The van der Waals surface area contributed by atoms with Gasteiger partial charge in [-0.25, -0.2) is 5.43 Å². The van der Waals surface area contributed by atoms with E-state index in [1.165, 1.54) is 18.3 Å². The van der Waals surface area contributed by atoms with Crippen molar-refractivity contribution in [1.29, 1.82) is 0 Å². The summed E-state index contributed by atoms with van der Waals surface area (Å²) in [5, 5.41) is 17.3. The average Bonchev–Trinajstić information content (AvgIpc) is 2.74. The lowest BCUT2D eigenvalue weighted by atomic mass is 10.1. The Morgan fingerprint density at radius 2 is 1.77 bits per heavy atom. The lowest BCUT2D eigenvalue weighted by Gasteiger charge is -2.11. The summed E-state index contributed by atoms with van der Waals surface area (Å²) in [5.74, 6) is -2.46. The smallest absolute Gasteiger partial charge is 0.329 e. The summed E-state index contributed by atoms with van der Waals surface area (Å²) in [7, 11) is 0. The maximum atomic E-state index is 11.9. The van der Waals surface area contributed by atoms with Gasteiger partial charge < -0.3 is 24.7 Å². The van der Waals surface area contributed by atoms with E-state index in [0.29, 0.717) is 30.2 Å². The summed E-state index contributed by atoms with van der Waals surface area (Å²) < 4.78 is 10.7. The van der Waals surface area contributed by atoms with Gasteiger partial charge in [-0.1, -0.05) is 6.92 Å². The summed E-state index contributed by atoms with van der Waals surface area (Å²) >= 11 is 0. The molecule has 0 aromatic heterocycles. The van der Waals surface area contributed by atoms with Crippen molar-refractivity contribution in [1.82, 2.24) is 5.43 Å². The number of ether oxygens (including phenoxy) is 2. The normalized spacial score (nSPS) is 10.5. The number of hydrogen-bond donors (Lipinski definition) is 2. The van der Waals surface area contributed by atoms with Gasteiger partial charge in [0.05, 0.1) is 25.4 Å². The van der Waals surface area contributed by atoms with Gasteiger partial charge in [-0.15, -0.1) is 0 Å². The van der Waals surface area contributed by atoms with Crippen molar-refractivity contribution in [3.8, 4) is 11.5 Å². The molecule has 0 aliphatic heterocycles. The van der Waals surface area contributed by atoms with E-state index in [1.54, 1.807) is 37.3 Å². The van der Waals surface area contributed by atoms with E-state index in [1.807, 2.05) is 6.92 Å². The molecular formula is C21H22N3O6-. The van der Waals surface area contributed by atoms with Crippen molar-refractivity contribution in [3.05, 3.63) is 53.6 Å². The molecule has 0 radical (unpaired) electrons. The second-order valence-corrected chi connectivity index (χ2v) is 6.00. The highest BCUT2D eigenvalue weighted by Crippen LogP contribution is 2.19. The zero-order chi connectivity index (χ0) is 21.9. The van der Waals surface area contributed by atoms with E-state index in [-0.39, 0.29) is 11.3 Å². The van der Waals surface area contributed by atoms with Crippen LogP contribution in [0.3, 0.4) is 0 Å². The molecule has 158 valence electrons. The quantitative estimate of drug-likeness (QED) is 0.363. The van der Waals surface area contributed by atoms with Crippen molar-refractivity contribution >= 4 is 29.7 Å². The van der Waals surface area contributed by atoms with Crippen molar-refractivity contribution in [2.45, 2.75) is 20.3 Å². The molecule has 2 amide bonds. The number of nitrogens with zero attached hydrogens (tertiary/aromatic N) is 1. The van der Waals surface area contributed by atoms with E-state index in [9.17, 15) is 19.5 Å². The number of anilines is 1. The van der Waals surface area contributed by atoms with Crippen molar-refractivity contribution in [2.24, 2.45) is 5.10 Å². The Hall–Kier alpha value is -3.88. The second kappa shape index (κ2) is 11.2. The van der Waals surface area contributed by atoms with Crippen LogP contribution in [0.15, 0.2) is 47.6 Å². The molecule has 2 N–H and O–H groups in total. The molecule has 9 heteroatoms. The molecule has 2 aromatic rings. The van der Waals surface area contributed by atoms with Crippen molar-refractivity contribution in [3.63, 3.8) is 0 Å². The van der Waals surface area contributed by atoms with Crippen LogP contribution in [0.25, 0.3) is 0 Å². The summed E-state index contributed by atoms with van der Waals surface area (Å²) in [5.41, 5.74) is 2.74. The fourth-order valence-electron chi connectivity index (χ4n) is 2.33. The van der Waals surface area contributed by atoms with Crippen LogP contribution in [-0.4, -0.2) is 37.2 Å². The number of amides is 2. The minimum absolute atomic E-state index is 0.142. The Labute approximate surface area is 173 Å². The van der Waals surface area contributed by atoms with Gasteiger partial charge in [0.1, 0.15) is 11.5 Å². The minimum atomic E-state index is -1.40. The van der Waals surface area contributed by atoms with Gasteiger partial charge in [0, 0.05) is 11.3 Å². The van der Waals surface area contributed by atoms with E-state index < -0.39 is 17.8 Å². The van der Waals surface area contributed by atoms with Crippen molar-refractivity contribution < 1.29 is 29.0 Å². The number of nitrogens with one attached hydrogen (secondary N) is 2. The number of carbonyl (C=O) groups is 3. The molecule has 0 saturated carbocycles. The molecule has 0 saturated heterocycles. The van der Waals surface area contributed by atoms with Gasteiger partial charge in [-0.05, 0) is 61.4 Å². The third kappa shape index (κ3) is 6.62. The first-order valence-electron chi connectivity index (χ1n) is 9.30. The lowest BCUT2D eigenvalue weighted by Crippen LogP contribution is -2.32. The topological polar surface area (TPSA) is 129 Å². The largest absolute Gasteiger partial charge is 0.545 e. The molecule has 0 heterocycles. The molecule has 9 nitrogen and oxygen atoms in total. The maximum Gasteiger partial charge on any atom is 0.329 e. The monoisotopic (exact) mass is 412 g/mol. The minimum Gasteiger partial charge on any atom is -0.545 e. The van der Waals surface area contributed by atoms with Gasteiger partial charge >= 0.3 is 11.8 Å². The first kappa shape index (κ1) is 22.4. The SMILES string of the molecule is CCCOc1ccc(NC(=O)C(=O)N/N=C\c2ccc(OCC)c(C(=O)[O-])c2)cc1. The van der Waals surface area contributed by atoms with Crippen LogP contribution in [0.4, 0.5) is 5.69 Å². The number of aromatic carboxylic acids is 1. The van der Waals surface area contributed by atoms with Gasteiger partial charge in [-0.2, -0.15) is 5.10 Å². The third-order valence-corrected chi connectivity index (χ3v) is 3.69. The van der Waals surface area contributed by atoms with Gasteiger partial charge in [0.15, 0.2) is 0 Å². The molecule has 0 aliphatic carbocycles. The lowest BCUT2D eigenvalue weighted by molar-refractivity contribution is -0.255. The van der Waals surface area contributed by atoms with Gasteiger partial charge in [0.2, 0.25) is 0 Å². The summed E-state index contributed by atoms with van der Waals surface area (Å²) in [6, 6.07) is 10.9. The van der Waals surface area contributed by atoms with Crippen LogP contribution < -0.4 is 25.3 Å². The van der Waals surface area contributed by atoms with E-state index in [2.05, 4.69) is 15.8 Å². The molecule has 2 aromatic carbocycles. The number of benzene rings is 2. The Morgan fingerprint density at radius 3 is 2.40 bits per heavy atom. The molecule has 0 aliphatic rings. The predicted molar refractivity (Wildman–Crippen MR) is 109 cm³/mol. The molecule has 0 spiro atoms.